The maximum absolute atomic E-state index is 12.6. The Labute approximate surface area is 174 Å². The number of nitrogens with one attached hydrogen (secondary N) is 1. The number of halogens is 4. The minimum atomic E-state index is -1.30. The molecule has 0 spiro atoms. The lowest BCUT2D eigenvalue weighted by Gasteiger charge is -2.10. The zero-order valence-electron chi connectivity index (χ0n) is 15.5. The molecule has 1 N–H and O–H groups in total. The molecule has 0 atom stereocenters. The molecule has 3 aromatic carbocycles. The Morgan fingerprint density at radius 3 is 1.83 bits per heavy atom. The first-order valence-corrected chi connectivity index (χ1v) is 9.00. The van der Waals surface area contributed by atoms with Crippen LogP contribution in [0.4, 0.5) is 13.2 Å². The highest BCUT2D eigenvalue weighted by molar-refractivity contribution is 6.68. The Hall–Kier alpha value is -3.45. The van der Waals surface area contributed by atoms with Gasteiger partial charge in [-0.25, -0.2) is 13.2 Å². The molecule has 8 heteroatoms. The smallest absolute Gasteiger partial charge is 0.213 e. The van der Waals surface area contributed by atoms with Gasteiger partial charge in [-0.1, -0.05) is 35.9 Å². The second-order valence-corrected chi connectivity index (χ2v) is 6.69. The quantitative estimate of drug-likeness (QED) is 0.227. The second-order valence-electron chi connectivity index (χ2n) is 6.32. The molecule has 0 fully saturated rings. The van der Waals surface area contributed by atoms with Crippen molar-refractivity contribution < 1.29 is 27.6 Å². The zero-order valence-corrected chi connectivity index (χ0v) is 16.3. The van der Waals surface area contributed by atoms with E-state index in [2.05, 4.69) is 0 Å². The number of rotatable bonds is 2. The number of carboxylic acid groups (broad SMARTS) is 1. The van der Waals surface area contributed by atoms with E-state index in [1.165, 1.54) is 0 Å². The summed E-state index contributed by atoms with van der Waals surface area (Å²) in [4.78, 5) is 11.4. The summed E-state index contributed by atoms with van der Waals surface area (Å²) in [6, 6.07) is 15.8. The number of nitrogens with zero attached hydrogens (tertiary/aromatic N) is 1. The SMILES string of the molecule is C[n+]1c2ccccc2c(C(=O)[O-])c2ccccc21.N=C(Cl)c1cc(F)c(F)cc1F. The first-order chi connectivity index (χ1) is 14.2. The molecule has 0 aliphatic rings. The van der Waals surface area contributed by atoms with Crippen molar-refractivity contribution in [1.82, 2.24) is 0 Å². The molecule has 0 saturated heterocycles. The number of para-hydroxylation sites is 2. The monoisotopic (exact) mass is 430 g/mol. The Balaban J connectivity index is 0.000000187. The van der Waals surface area contributed by atoms with E-state index < -0.39 is 34.2 Å². The Bertz CT molecular complexity index is 1250. The van der Waals surface area contributed by atoms with Crippen LogP contribution in [0, 0.1) is 22.9 Å². The fourth-order valence-electron chi connectivity index (χ4n) is 3.14. The van der Waals surface area contributed by atoms with E-state index in [4.69, 9.17) is 17.0 Å². The van der Waals surface area contributed by atoms with Gasteiger partial charge in [-0.3, -0.25) is 5.41 Å². The van der Waals surface area contributed by atoms with Crippen LogP contribution in [-0.4, -0.2) is 11.1 Å². The summed E-state index contributed by atoms with van der Waals surface area (Å²) in [6.07, 6.45) is 0. The van der Waals surface area contributed by atoms with Gasteiger partial charge in [0.15, 0.2) is 11.6 Å². The van der Waals surface area contributed by atoms with E-state index >= 15 is 0 Å². The fourth-order valence-corrected chi connectivity index (χ4v) is 3.29. The van der Waals surface area contributed by atoms with Gasteiger partial charge in [0.2, 0.25) is 11.0 Å². The number of benzene rings is 3. The first-order valence-electron chi connectivity index (χ1n) is 8.62. The minimum Gasteiger partial charge on any atom is -0.545 e. The molecule has 152 valence electrons. The molecule has 4 nitrogen and oxygen atoms in total. The maximum atomic E-state index is 12.6. The number of carbonyl (C=O) groups excluding carboxylic acids is 1. The van der Waals surface area contributed by atoms with Gasteiger partial charge < -0.3 is 9.90 Å². The van der Waals surface area contributed by atoms with Crippen LogP contribution in [0.5, 0.6) is 0 Å². The molecule has 0 unspecified atom stereocenters. The number of carbonyl (C=O) groups is 1. The third kappa shape index (κ3) is 3.97. The van der Waals surface area contributed by atoms with Gasteiger partial charge in [0.05, 0.1) is 22.3 Å². The Kier molecular flexibility index (Phi) is 6.03. The highest BCUT2D eigenvalue weighted by Crippen LogP contribution is 2.23. The van der Waals surface area contributed by atoms with Gasteiger partial charge in [-0.2, -0.15) is 4.57 Å². The van der Waals surface area contributed by atoms with Crippen LogP contribution in [0.15, 0.2) is 60.7 Å². The van der Waals surface area contributed by atoms with Crippen molar-refractivity contribution in [1.29, 1.82) is 5.41 Å². The largest absolute Gasteiger partial charge is 0.545 e. The Morgan fingerprint density at radius 2 is 1.37 bits per heavy atom. The van der Waals surface area contributed by atoms with Gasteiger partial charge in [-0.15, -0.1) is 0 Å². The van der Waals surface area contributed by atoms with Crippen LogP contribution in [0.1, 0.15) is 15.9 Å². The normalized spacial score (nSPS) is 10.6. The van der Waals surface area contributed by atoms with E-state index in [0.717, 1.165) is 11.0 Å². The third-order valence-electron chi connectivity index (χ3n) is 4.52. The molecule has 0 bridgehead atoms. The number of aromatic nitrogens is 1. The van der Waals surface area contributed by atoms with Crippen LogP contribution in [0.3, 0.4) is 0 Å². The molecule has 0 aliphatic carbocycles. The summed E-state index contributed by atoms with van der Waals surface area (Å²) >= 11 is 5.09. The van der Waals surface area contributed by atoms with Crippen LogP contribution >= 0.6 is 11.6 Å². The van der Waals surface area contributed by atoms with Crippen molar-refractivity contribution in [3.63, 3.8) is 0 Å². The number of fused-ring (bicyclic) bond motifs is 2. The van der Waals surface area contributed by atoms with E-state index in [9.17, 15) is 23.1 Å². The summed E-state index contributed by atoms with van der Waals surface area (Å²) in [7, 11) is 1.93. The van der Waals surface area contributed by atoms with E-state index in [1.807, 2.05) is 60.1 Å². The second kappa shape index (κ2) is 8.51. The summed E-state index contributed by atoms with van der Waals surface area (Å²) in [6.45, 7) is 0. The molecule has 0 saturated carbocycles. The van der Waals surface area contributed by atoms with Gasteiger partial charge in [0, 0.05) is 23.8 Å². The summed E-state index contributed by atoms with van der Waals surface area (Å²) in [5.41, 5.74) is 1.58. The van der Waals surface area contributed by atoms with Crippen molar-refractivity contribution in [3.8, 4) is 0 Å². The molecule has 0 radical (unpaired) electrons. The van der Waals surface area contributed by atoms with Crippen molar-refractivity contribution in [2.75, 3.05) is 0 Å². The minimum absolute atomic E-state index is 0.263. The summed E-state index contributed by atoms with van der Waals surface area (Å²) < 4.78 is 39.4. The molecule has 4 rings (SSSR count). The van der Waals surface area contributed by atoms with Gasteiger partial charge in [0.25, 0.3) is 0 Å². The van der Waals surface area contributed by atoms with Gasteiger partial charge in [-0.05, 0) is 18.2 Å². The van der Waals surface area contributed by atoms with Crippen LogP contribution in [0.25, 0.3) is 21.8 Å². The number of hydrogen-bond donors (Lipinski definition) is 1. The van der Waals surface area contributed by atoms with Crippen molar-refractivity contribution in [3.05, 3.63) is 89.2 Å². The standard InChI is InChI=1S/C15H11NO2.C7H3ClF3N/c1-16-12-8-4-2-6-10(12)14(15(17)18)11-7-3-5-9-13(11)16;8-7(12)3-1-5(10)6(11)2-4(3)9/h2-9H,1H3;1-2,12H. The molecular weight excluding hydrogens is 417 g/mol. The zero-order chi connectivity index (χ0) is 22.0. The number of aromatic carboxylic acids is 1. The Morgan fingerprint density at radius 1 is 0.900 bits per heavy atom. The highest BCUT2D eigenvalue weighted by atomic mass is 35.5. The number of carboxylic acids is 1. The molecule has 0 aliphatic heterocycles. The number of hydrogen-bond acceptors (Lipinski definition) is 3. The highest BCUT2D eigenvalue weighted by Gasteiger charge is 2.17. The van der Waals surface area contributed by atoms with Gasteiger partial charge in [0.1, 0.15) is 18.0 Å². The van der Waals surface area contributed by atoms with Crippen molar-refractivity contribution in [2.24, 2.45) is 7.05 Å². The van der Waals surface area contributed by atoms with Gasteiger partial charge >= 0.3 is 0 Å². The van der Waals surface area contributed by atoms with E-state index in [-0.39, 0.29) is 5.56 Å². The summed E-state index contributed by atoms with van der Waals surface area (Å²) in [5, 5.41) is 19.0. The predicted molar refractivity (Wildman–Crippen MR) is 106 cm³/mol. The average molecular weight is 431 g/mol. The number of aryl methyl sites for hydroxylation is 1. The topological polar surface area (TPSA) is 67.9 Å². The van der Waals surface area contributed by atoms with Crippen LogP contribution < -0.4 is 9.67 Å². The predicted octanol–water partition coefficient (Wildman–Crippen LogP) is 3.85. The maximum Gasteiger partial charge on any atom is 0.213 e. The molecule has 1 heterocycles. The van der Waals surface area contributed by atoms with E-state index in [1.54, 1.807) is 0 Å². The fraction of sp³-hybridized carbons (Fsp3) is 0.0455. The lowest BCUT2D eigenvalue weighted by molar-refractivity contribution is -0.617. The van der Waals surface area contributed by atoms with Crippen LogP contribution in [0.2, 0.25) is 0 Å². The molecule has 1 aromatic heterocycles. The van der Waals surface area contributed by atoms with Crippen molar-refractivity contribution >= 4 is 44.5 Å². The van der Waals surface area contributed by atoms with Crippen molar-refractivity contribution in [2.45, 2.75) is 0 Å². The third-order valence-corrected chi connectivity index (χ3v) is 4.72. The summed E-state index contributed by atoms with van der Waals surface area (Å²) in [5.74, 6) is -4.71. The average Bonchev–Trinajstić information content (AvgIpc) is 2.71. The number of pyridine rings is 1. The molecule has 30 heavy (non-hydrogen) atoms. The van der Waals surface area contributed by atoms with E-state index in [0.29, 0.717) is 22.9 Å². The van der Waals surface area contributed by atoms with Crippen LogP contribution in [-0.2, 0) is 7.05 Å². The first kappa shape index (κ1) is 21.3. The molecule has 0 amide bonds. The lowest BCUT2D eigenvalue weighted by Crippen LogP contribution is -2.33. The molecular formula is C22H14ClF3N2O2. The lowest BCUT2D eigenvalue weighted by atomic mass is 10.0. The molecule has 4 aromatic rings.